The molecule has 35 heavy (non-hydrogen) atoms. The molecule has 1 saturated heterocycles. The number of aryl methyl sites for hydroxylation is 1. The fourth-order valence-corrected chi connectivity index (χ4v) is 4.70. The maximum absolute atomic E-state index is 11.4. The van der Waals surface area contributed by atoms with Crippen LogP contribution >= 0.6 is 23.2 Å². The van der Waals surface area contributed by atoms with E-state index in [-0.39, 0.29) is 5.82 Å². The van der Waals surface area contributed by atoms with E-state index in [9.17, 15) is 9.90 Å². The molecule has 1 aliphatic rings. The van der Waals surface area contributed by atoms with Crippen LogP contribution in [0.15, 0.2) is 42.6 Å². The molecule has 2 aromatic carbocycles. The second-order valence-electron chi connectivity index (χ2n) is 8.46. The topological polar surface area (TPSA) is 116 Å². The van der Waals surface area contributed by atoms with Gasteiger partial charge >= 0.3 is 5.97 Å². The van der Waals surface area contributed by atoms with E-state index in [0.29, 0.717) is 47.7 Å². The molecule has 184 valence electrons. The number of rotatable bonds is 8. The standard InChI is InChI=1S/C25H28Cl2N6O2/c1-2-15-10-16(6-7-17(15)13-33-9-8-29-22(14-33)25(34)35)21-12-30-23(28)24(32-21)31-11-18-19(26)4-3-5-20(18)27/h3-7,10,12,22,29H,2,8-9,11,13-14H2,1H3,(H2,28,30)(H,31,32)(H,34,35). The number of nitrogens with one attached hydrogen (secondary N) is 2. The SMILES string of the molecule is CCc1cc(-c2cnc(N)c(NCc3c(Cl)cccc3Cl)n2)ccc1CN1CCNC(C(=O)O)C1. The molecule has 4 rings (SSSR count). The highest BCUT2D eigenvalue weighted by molar-refractivity contribution is 6.36. The predicted molar refractivity (Wildman–Crippen MR) is 140 cm³/mol. The molecule has 0 amide bonds. The van der Waals surface area contributed by atoms with E-state index < -0.39 is 12.0 Å². The maximum Gasteiger partial charge on any atom is 0.322 e. The number of hydrogen-bond acceptors (Lipinski definition) is 7. The highest BCUT2D eigenvalue weighted by Crippen LogP contribution is 2.28. The molecule has 8 nitrogen and oxygen atoms in total. The van der Waals surface area contributed by atoms with Gasteiger partial charge in [0, 0.05) is 53.9 Å². The lowest BCUT2D eigenvalue weighted by molar-refractivity contribution is -0.140. The number of piperazine rings is 1. The van der Waals surface area contributed by atoms with Gasteiger partial charge in [0.2, 0.25) is 0 Å². The molecule has 0 spiro atoms. The number of aliphatic carboxylic acids is 1. The van der Waals surface area contributed by atoms with Crippen LogP contribution in [0, 0.1) is 0 Å². The van der Waals surface area contributed by atoms with Crippen molar-refractivity contribution in [2.24, 2.45) is 0 Å². The molecule has 0 saturated carbocycles. The highest BCUT2D eigenvalue weighted by Gasteiger charge is 2.25. The third-order valence-electron chi connectivity index (χ3n) is 6.13. The molecule has 3 aromatic rings. The van der Waals surface area contributed by atoms with Crippen LogP contribution < -0.4 is 16.4 Å². The lowest BCUT2D eigenvalue weighted by atomic mass is 9.99. The third kappa shape index (κ3) is 6.02. The number of carbonyl (C=O) groups is 1. The van der Waals surface area contributed by atoms with Crippen LogP contribution in [-0.2, 0) is 24.3 Å². The number of carboxylic acids is 1. The number of benzene rings is 2. The summed E-state index contributed by atoms with van der Waals surface area (Å²) in [7, 11) is 0. The zero-order valence-electron chi connectivity index (χ0n) is 19.4. The van der Waals surface area contributed by atoms with Gasteiger partial charge in [-0.1, -0.05) is 48.3 Å². The van der Waals surface area contributed by atoms with E-state index in [4.69, 9.17) is 33.9 Å². The molecule has 1 fully saturated rings. The van der Waals surface area contributed by atoms with Crippen molar-refractivity contribution in [3.63, 3.8) is 0 Å². The Morgan fingerprint density at radius 3 is 2.74 bits per heavy atom. The summed E-state index contributed by atoms with van der Waals surface area (Å²) >= 11 is 12.6. The normalized spacial score (nSPS) is 16.3. The summed E-state index contributed by atoms with van der Waals surface area (Å²) in [5, 5.41) is 16.7. The van der Waals surface area contributed by atoms with Crippen molar-refractivity contribution in [2.75, 3.05) is 30.7 Å². The first-order chi connectivity index (χ1) is 16.9. The maximum atomic E-state index is 11.4. The number of halogens is 2. The number of hydrogen-bond donors (Lipinski definition) is 4. The molecular formula is C25H28Cl2N6O2. The van der Waals surface area contributed by atoms with Crippen LogP contribution in [0.5, 0.6) is 0 Å². The third-order valence-corrected chi connectivity index (χ3v) is 6.84. The van der Waals surface area contributed by atoms with Crippen molar-refractivity contribution in [3.05, 3.63) is 69.3 Å². The number of anilines is 2. The van der Waals surface area contributed by atoms with E-state index in [1.54, 1.807) is 24.4 Å². The monoisotopic (exact) mass is 514 g/mol. The largest absolute Gasteiger partial charge is 0.480 e. The summed E-state index contributed by atoms with van der Waals surface area (Å²) in [6.07, 6.45) is 2.50. The summed E-state index contributed by atoms with van der Waals surface area (Å²) in [5.41, 5.74) is 10.8. The van der Waals surface area contributed by atoms with Crippen molar-refractivity contribution < 1.29 is 9.90 Å². The molecule has 0 aliphatic carbocycles. The second kappa shape index (κ2) is 11.2. The quantitative estimate of drug-likeness (QED) is 0.355. The van der Waals surface area contributed by atoms with Crippen LogP contribution in [-0.4, -0.2) is 51.6 Å². The number of aromatic nitrogens is 2. The molecule has 1 unspecified atom stereocenters. The Morgan fingerprint density at radius 2 is 2.03 bits per heavy atom. The lowest BCUT2D eigenvalue weighted by Crippen LogP contribution is -2.53. The minimum Gasteiger partial charge on any atom is -0.480 e. The van der Waals surface area contributed by atoms with Gasteiger partial charge in [0.05, 0.1) is 11.9 Å². The molecular weight excluding hydrogens is 487 g/mol. The highest BCUT2D eigenvalue weighted by atomic mass is 35.5. The van der Waals surface area contributed by atoms with E-state index in [2.05, 4.69) is 39.6 Å². The van der Waals surface area contributed by atoms with Crippen LogP contribution in [0.25, 0.3) is 11.3 Å². The summed E-state index contributed by atoms with van der Waals surface area (Å²) in [4.78, 5) is 22.6. The van der Waals surface area contributed by atoms with Crippen molar-refractivity contribution in [1.29, 1.82) is 0 Å². The smallest absolute Gasteiger partial charge is 0.322 e. The summed E-state index contributed by atoms with van der Waals surface area (Å²) in [5.74, 6) is -0.0685. The van der Waals surface area contributed by atoms with Crippen LogP contribution in [0.2, 0.25) is 10.0 Å². The molecule has 10 heteroatoms. The Morgan fingerprint density at radius 1 is 1.26 bits per heavy atom. The summed E-state index contributed by atoms with van der Waals surface area (Å²) in [6, 6.07) is 11.0. The molecule has 0 radical (unpaired) electrons. The molecule has 1 atom stereocenters. The zero-order chi connectivity index (χ0) is 24.9. The molecule has 5 N–H and O–H groups in total. The van der Waals surface area contributed by atoms with E-state index in [0.717, 1.165) is 24.1 Å². The fraction of sp³-hybridized carbons (Fsp3) is 0.320. The van der Waals surface area contributed by atoms with Crippen LogP contribution in [0.3, 0.4) is 0 Å². The number of nitrogens with two attached hydrogens (primary N) is 1. The fourth-order valence-electron chi connectivity index (χ4n) is 4.17. The van der Waals surface area contributed by atoms with Gasteiger partial charge in [-0.2, -0.15) is 0 Å². The number of nitrogens with zero attached hydrogens (tertiary/aromatic N) is 3. The number of carboxylic acid groups (broad SMARTS) is 1. The second-order valence-corrected chi connectivity index (χ2v) is 9.27. The number of nitrogen functional groups attached to an aromatic ring is 1. The Balaban J connectivity index is 1.52. The first-order valence-corrected chi connectivity index (χ1v) is 12.2. The average molecular weight is 515 g/mol. The van der Waals surface area contributed by atoms with Gasteiger partial charge < -0.3 is 21.5 Å². The Kier molecular flexibility index (Phi) is 8.07. The van der Waals surface area contributed by atoms with Crippen molar-refractivity contribution in [3.8, 4) is 11.3 Å². The van der Waals surface area contributed by atoms with Gasteiger partial charge in [-0.3, -0.25) is 9.69 Å². The van der Waals surface area contributed by atoms with E-state index in [1.807, 2.05) is 6.07 Å². The summed E-state index contributed by atoms with van der Waals surface area (Å²) < 4.78 is 0. The van der Waals surface area contributed by atoms with Gasteiger partial charge in [-0.05, 0) is 35.7 Å². The first kappa shape index (κ1) is 25.2. The molecule has 1 aliphatic heterocycles. The van der Waals surface area contributed by atoms with Gasteiger partial charge in [-0.25, -0.2) is 9.97 Å². The van der Waals surface area contributed by atoms with Gasteiger partial charge in [0.25, 0.3) is 0 Å². The molecule has 2 heterocycles. The van der Waals surface area contributed by atoms with Crippen molar-refractivity contribution >= 4 is 40.8 Å². The minimum atomic E-state index is -0.816. The molecule has 0 bridgehead atoms. The van der Waals surface area contributed by atoms with Gasteiger partial charge in [0.15, 0.2) is 11.6 Å². The Hall–Kier alpha value is -2.91. The Labute approximate surface area is 214 Å². The van der Waals surface area contributed by atoms with E-state index >= 15 is 0 Å². The summed E-state index contributed by atoms with van der Waals surface area (Å²) in [6.45, 7) is 5.12. The average Bonchev–Trinajstić information content (AvgIpc) is 2.85. The van der Waals surface area contributed by atoms with Crippen LogP contribution in [0.4, 0.5) is 11.6 Å². The molecule has 1 aromatic heterocycles. The van der Waals surface area contributed by atoms with Gasteiger partial charge in [-0.15, -0.1) is 0 Å². The zero-order valence-corrected chi connectivity index (χ0v) is 20.9. The minimum absolute atomic E-state index is 0.288. The first-order valence-electron chi connectivity index (χ1n) is 11.5. The van der Waals surface area contributed by atoms with Crippen LogP contribution in [0.1, 0.15) is 23.6 Å². The van der Waals surface area contributed by atoms with E-state index in [1.165, 1.54) is 11.1 Å². The van der Waals surface area contributed by atoms with Gasteiger partial charge in [0.1, 0.15) is 6.04 Å². The Bertz CT molecular complexity index is 1200. The predicted octanol–water partition coefficient (Wildman–Crippen LogP) is 4.07. The van der Waals surface area contributed by atoms with Crippen molar-refractivity contribution in [1.82, 2.24) is 20.2 Å². The van der Waals surface area contributed by atoms with Crippen molar-refractivity contribution in [2.45, 2.75) is 32.5 Å². The lowest BCUT2D eigenvalue weighted by Gasteiger charge is -2.32.